The molecule has 0 saturated heterocycles. The number of halogens is 4. The third-order valence-corrected chi connectivity index (χ3v) is 4.39. The summed E-state index contributed by atoms with van der Waals surface area (Å²) >= 11 is 0. The topological polar surface area (TPSA) is 46.5 Å². The lowest BCUT2D eigenvalue weighted by atomic mass is 9.77. The molecule has 0 saturated carbocycles. The quantitative estimate of drug-likeness (QED) is 0.516. The summed E-state index contributed by atoms with van der Waals surface area (Å²) < 4.78 is 58.0. The molecule has 0 aliphatic carbocycles. The Morgan fingerprint density at radius 2 is 1.88 bits per heavy atom. The Labute approximate surface area is 147 Å². The molecule has 1 heterocycles. The van der Waals surface area contributed by atoms with E-state index in [0.717, 1.165) is 5.56 Å². The number of carbonyl (C=O) groups excluding carboxylic acids is 1. The van der Waals surface area contributed by atoms with Gasteiger partial charge in [-0.05, 0) is 48.6 Å². The van der Waals surface area contributed by atoms with Gasteiger partial charge in [0.05, 0.1) is 11.2 Å². The smallest absolute Gasteiger partial charge is 0.423 e. The number of ketones is 1. The van der Waals surface area contributed by atoms with Gasteiger partial charge in [0.25, 0.3) is 0 Å². The average Bonchev–Trinajstić information content (AvgIpc) is 2.75. The predicted octanol–water partition coefficient (Wildman–Crippen LogP) is 3.22. The summed E-state index contributed by atoms with van der Waals surface area (Å²) in [6, 6.07) is 6.62. The van der Waals surface area contributed by atoms with Crippen molar-refractivity contribution >= 4 is 18.4 Å². The average molecular weight is 366 g/mol. The van der Waals surface area contributed by atoms with Crippen molar-refractivity contribution < 1.29 is 32.0 Å². The number of hydrogen-bond donors (Lipinski definition) is 1. The van der Waals surface area contributed by atoms with Gasteiger partial charge in [0, 0.05) is 12.0 Å². The standard InChI is InChI=1S/C18H15BF4O3/c1-17(2)14-5-3-10(7-15(14)19(25)26-17)8-16(24)12-9-11(20)4-6-13(12)18(21,22)23/h3-7,9,25H,8H2,1-2H3. The summed E-state index contributed by atoms with van der Waals surface area (Å²) in [5.41, 5.74) is -0.974. The Kier molecular flexibility index (Phi) is 4.44. The van der Waals surface area contributed by atoms with Crippen LogP contribution in [0.5, 0.6) is 0 Å². The molecule has 0 spiro atoms. The zero-order chi connectivity index (χ0) is 19.3. The molecule has 0 aromatic heterocycles. The van der Waals surface area contributed by atoms with E-state index in [1.54, 1.807) is 26.0 Å². The van der Waals surface area contributed by atoms with Crippen molar-refractivity contribution in [2.24, 2.45) is 0 Å². The molecule has 0 unspecified atom stereocenters. The van der Waals surface area contributed by atoms with E-state index >= 15 is 0 Å². The van der Waals surface area contributed by atoms with E-state index in [9.17, 15) is 27.4 Å². The zero-order valence-electron chi connectivity index (χ0n) is 14.0. The molecule has 2 aromatic carbocycles. The second-order valence-electron chi connectivity index (χ2n) is 6.69. The van der Waals surface area contributed by atoms with Crippen LogP contribution in [-0.4, -0.2) is 17.9 Å². The highest BCUT2D eigenvalue weighted by atomic mass is 19.4. The van der Waals surface area contributed by atoms with Crippen LogP contribution in [0.25, 0.3) is 0 Å². The van der Waals surface area contributed by atoms with Crippen molar-refractivity contribution in [3.63, 3.8) is 0 Å². The molecule has 0 atom stereocenters. The molecule has 0 bridgehead atoms. The van der Waals surface area contributed by atoms with Crippen LogP contribution >= 0.6 is 0 Å². The summed E-state index contributed by atoms with van der Waals surface area (Å²) in [5.74, 6) is -1.77. The van der Waals surface area contributed by atoms with E-state index in [2.05, 4.69) is 0 Å². The molecule has 3 rings (SSSR count). The minimum absolute atomic E-state index is 0.354. The molecule has 8 heteroatoms. The van der Waals surface area contributed by atoms with Crippen molar-refractivity contribution in [2.45, 2.75) is 32.0 Å². The summed E-state index contributed by atoms with van der Waals surface area (Å²) in [5, 5.41) is 9.97. The Balaban J connectivity index is 1.93. The fourth-order valence-corrected chi connectivity index (χ4v) is 3.16. The number of benzene rings is 2. The van der Waals surface area contributed by atoms with Gasteiger partial charge in [0.1, 0.15) is 5.82 Å². The van der Waals surface area contributed by atoms with E-state index in [1.807, 2.05) is 0 Å². The number of Topliss-reactive ketones (excluding diaryl/α,β-unsaturated/α-hetero) is 1. The van der Waals surface area contributed by atoms with Crippen LogP contribution in [0.15, 0.2) is 36.4 Å². The highest BCUT2D eigenvalue weighted by Crippen LogP contribution is 2.33. The second-order valence-corrected chi connectivity index (χ2v) is 6.69. The minimum atomic E-state index is -4.76. The molecule has 2 aromatic rings. The van der Waals surface area contributed by atoms with E-state index in [0.29, 0.717) is 29.2 Å². The highest BCUT2D eigenvalue weighted by Gasteiger charge is 2.40. The number of rotatable bonds is 3. The third kappa shape index (κ3) is 3.39. The van der Waals surface area contributed by atoms with Gasteiger partial charge in [-0.1, -0.05) is 18.2 Å². The van der Waals surface area contributed by atoms with Gasteiger partial charge in [0.2, 0.25) is 0 Å². The molecular weight excluding hydrogens is 351 g/mol. The molecular formula is C18H15BF4O3. The molecule has 26 heavy (non-hydrogen) atoms. The number of fused-ring (bicyclic) bond motifs is 1. The molecule has 1 aliphatic rings. The molecule has 136 valence electrons. The summed E-state index contributed by atoms with van der Waals surface area (Å²) in [7, 11) is -1.17. The van der Waals surface area contributed by atoms with Gasteiger partial charge in [-0.15, -0.1) is 0 Å². The summed E-state index contributed by atoms with van der Waals surface area (Å²) in [6.07, 6.45) is -5.11. The molecule has 0 fully saturated rings. The monoisotopic (exact) mass is 366 g/mol. The third-order valence-electron chi connectivity index (χ3n) is 4.39. The maximum absolute atomic E-state index is 13.4. The molecule has 0 amide bonds. The number of carbonyl (C=O) groups is 1. The summed E-state index contributed by atoms with van der Waals surface area (Å²) in [4.78, 5) is 12.4. The molecule has 1 N–H and O–H groups in total. The van der Waals surface area contributed by atoms with Gasteiger partial charge in [-0.2, -0.15) is 13.2 Å². The SMILES string of the molecule is CC1(C)OB(O)c2cc(CC(=O)c3cc(F)ccc3C(F)(F)F)ccc21. The van der Waals surface area contributed by atoms with E-state index < -0.39 is 41.6 Å². The molecule has 1 aliphatic heterocycles. The van der Waals surface area contributed by atoms with Crippen molar-refractivity contribution in [3.8, 4) is 0 Å². The summed E-state index contributed by atoms with van der Waals surface area (Å²) in [6.45, 7) is 3.55. The molecule has 0 radical (unpaired) electrons. The lowest BCUT2D eigenvalue weighted by molar-refractivity contribution is -0.137. The van der Waals surface area contributed by atoms with E-state index in [4.69, 9.17) is 4.65 Å². The predicted molar refractivity (Wildman–Crippen MR) is 87.6 cm³/mol. The van der Waals surface area contributed by atoms with Gasteiger partial charge in [0.15, 0.2) is 5.78 Å². The maximum Gasteiger partial charge on any atom is 0.492 e. The van der Waals surface area contributed by atoms with Gasteiger partial charge >= 0.3 is 13.3 Å². The second kappa shape index (κ2) is 6.21. The van der Waals surface area contributed by atoms with Gasteiger partial charge in [-0.3, -0.25) is 4.79 Å². The van der Waals surface area contributed by atoms with E-state index in [-0.39, 0.29) is 6.42 Å². The first kappa shape index (κ1) is 18.6. The van der Waals surface area contributed by atoms with Crippen LogP contribution < -0.4 is 5.46 Å². The first-order chi connectivity index (χ1) is 12.0. The van der Waals surface area contributed by atoms with Gasteiger partial charge in [-0.25, -0.2) is 4.39 Å². The lowest BCUT2D eigenvalue weighted by Gasteiger charge is -2.19. The zero-order valence-corrected chi connectivity index (χ0v) is 14.0. The van der Waals surface area contributed by atoms with Crippen molar-refractivity contribution in [3.05, 3.63) is 64.5 Å². The Morgan fingerprint density at radius 3 is 2.54 bits per heavy atom. The van der Waals surface area contributed by atoms with Crippen LogP contribution in [0.1, 0.15) is 40.9 Å². The van der Waals surface area contributed by atoms with Crippen LogP contribution in [0.2, 0.25) is 0 Å². The van der Waals surface area contributed by atoms with Crippen molar-refractivity contribution in [2.75, 3.05) is 0 Å². The highest BCUT2D eigenvalue weighted by molar-refractivity contribution is 6.62. The van der Waals surface area contributed by atoms with Crippen LogP contribution in [0.3, 0.4) is 0 Å². The lowest BCUT2D eigenvalue weighted by Crippen LogP contribution is -2.29. The Bertz CT molecular complexity index is 877. The molecule has 3 nitrogen and oxygen atoms in total. The first-order valence-electron chi connectivity index (χ1n) is 7.88. The Morgan fingerprint density at radius 1 is 1.19 bits per heavy atom. The maximum atomic E-state index is 13.4. The van der Waals surface area contributed by atoms with Crippen LogP contribution in [0.4, 0.5) is 17.6 Å². The normalized spacial score (nSPS) is 15.9. The van der Waals surface area contributed by atoms with Crippen LogP contribution in [-0.2, 0) is 22.9 Å². The Hall–Kier alpha value is -2.19. The number of alkyl halides is 3. The first-order valence-corrected chi connectivity index (χ1v) is 7.88. The van der Waals surface area contributed by atoms with Crippen molar-refractivity contribution in [1.29, 1.82) is 0 Å². The number of hydrogen-bond acceptors (Lipinski definition) is 3. The van der Waals surface area contributed by atoms with Crippen LogP contribution in [0, 0.1) is 5.82 Å². The van der Waals surface area contributed by atoms with Gasteiger partial charge < -0.3 is 9.68 Å². The minimum Gasteiger partial charge on any atom is -0.423 e. The fourth-order valence-electron chi connectivity index (χ4n) is 3.16. The van der Waals surface area contributed by atoms with Crippen molar-refractivity contribution in [1.82, 2.24) is 0 Å². The fraction of sp³-hybridized carbons (Fsp3) is 0.278. The van der Waals surface area contributed by atoms with E-state index in [1.165, 1.54) is 6.07 Å². The largest absolute Gasteiger partial charge is 0.492 e.